The molecule has 0 aliphatic carbocycles. The zero-order chi connectivity index (χ0) is 24.2. The number of aromatic nitrogens is 2. The van der Waals surface area contributed by atoms with Crippen molar-refractivity contribution >= 4 is 89.8 Å². The van der Waals surface area contributed by atoms with Crippen LogP contribution in [0.1, 0.15) is 12.8 Å². The van der Waals surface area contributed by atoms with E-state index >= 15 is 0 Å². The second-order valence-corrected chi connectivity index (χ2v) is 12.4. The summed E-state index contributed by atoms with van der Waals surface area (Å²) in [5.41, 5.74) is 8.98. The number of nitrogen functional groups attached to an aromatic ring is 1. The third kappa shape index (κ3) is 6.44. The number of hydrogen-bond acceptors (Lipinski definition) is 10. The van der Waals surface area contributed by atoms with Gasteiger partial charge in [0, 0.05) is 24.5 Å². The van der Waals surface area contributed by atoms with Gasteiger partial charge in [-0.1, -0.05) is 23.5 Å². The van der Waals surface area contributed by atoms with Gasteiger partial charge in [-0.15, -0.1) is 22.7 Å². The average molecular weight is 546 g/mol. The number of ether oxygens (including phenoxy) is 1. The highest BCUT2D eigenvalue weighted by atomic mass is 32.2. The first-order valence-corrected chi connectivity index (χ1v) is 14.6. The molecule has 4 N–H and O–H groups in total. The van der Waals surface area contributed by atoms with E-state index < -0.39 is 0 Å². The number of thiazole rings is 2. The Bertz CT molecular complexity index is 1370. The molecule has 1 saturated heterocycles. The average Bonchev–Trinajstić information content (AvgIpc) is 3.59. The SMILES string of the molecule is Nc1ccc2nc(SCC(=O)Nc3ccc4nc(SCC(=O)NC[C@H]5CCCO5)sc4c3)sc2c1. The lowest BCUT2D eigenvalue weighted by atomic mass is 10.2. The molecular formula is C23H23N5O3S4. The number of fused-ring (bicyclic) bond motifs is 2. The van der Waals surface area contributed by atoms with E-state index in [0.717, 1.165) is 54.2 Å². The molecule has 12 heteroatoms. The highest BCUT2D eigenvalue weighted by Crippen LogP contribution is 2.32. The minimum Gasteiger partial charge on any atom is -0.399 e. The van der Waals surface area contributed by atoms with Crippen molar-refractivity contribution in [1.82, 2.24) is 15.3 Å². The number of rotatable bonds is 9. The van der Waals surface area contributed by atoms with Gasteiger partial charge >= 0.3 is 0 Å². The molecule has 2 amide bonds. The smallest absolute Gasteiger partial charge is 0.234 e. The molecule has 5 rings (SSSR count). The number of hydrogen-bond donors (Lipinski definition) is 3. The number of benzene rings is 2. The summed E-state index contributed by atoms with van der Waals surface area (Å²) in [4.78, 5) is 33.7. The zero-order valence-corrected chi connectivity index (χ0v) is 21.9. The summed E-state index contributed by atoms with van der Waals surface area (Å²) in [6, 6.07) is 11.2. The van der Waals surface area contributed by atoms with Gasteiger partial charge in [-0.3, -0.25) is 9.59 Å². The molecule has 1 aliphatic heterocycles. The van der Waals surface area contributed by atoms with Crippen molar-refractivity contribution in [3.05, 3.63) is 36.4 Å². The van der Waals surface area contributed by atoms with Crippen molar-refractivity contribution in [2.24, 2.45) is 0 Å². The van der Waals surface area contributed by atoms with Gasteiger partial charge in [0.2, 0.25) is 11.8 Å². The maximum atomic E-state index is 12.5. The summed E-state index contributed by atoms with van der Waals surface area (Å²) in [5, 5.41) is 5.87. The minimum absolute atomic E-state index is 0.0215. The van der Waals surface area contributed by atoms with E-state index in [1.165, 1.54) is 46.2 Å². The number of nitrogens with two attached hydrogens (primary N) is 1. The molecule has 0 saturated carbocycles. The lowest BCUT2D eigenvalue weighted by Crippen LogP contribution is -2.32. The van der Waals surface area contributed by atoms with Crippen molar-refractivity contribution in [2.45, 2.75) is 27.6 Å². The van der Waals surface area contributed by atoms with Crippen LogP contribution in [0.4, 0.5) is 11.4 Å². The fourth-order valence-electron chi connectivity index (χ4n) is 3.56. The Morgan fingerprint density at radius 3 is 2.40 bits per heavy atom. The molecule has 0 spiro atoms. The maximum Gasteiger partial charge on any atom is 0.234 e. The number of amides is 2. The van der Waals surface area contributed by atoms with Crippen LogP contribution in [0, 0.1) is 0 Å². The van der Waals surface area contributed by atoms with E-state index in [1.54, 1.807) is 0 Å². The molecule has 182 valence electrons. The number of carbonyl (C=O) groups is 2. The molecule has 3 heterocycles. The second-order valence-electron chi connectivity index (χ2n) is 7.93. The van der Waals surface area contributed by atoms with Crippen LogP contribution >= 0.6 is 46.2 Å². The number of anilines is 2. The van der Waals surface area contributed by atoms with Crippen LogP contribution in [0.25, 0.3) is 20.4 Å². The van der Waals surface area contributed by atoms with Gasteiger partial charge in [-0.2, -0.15) is 0 Å². The molecule has 4 aromatic rings. The van der Waals surface area contributed by atoms with Gasteiger partial charge in [-0.25, -0.2) is 9.97 Å². The Kier molecular flexibility index (Phi) is 7.73. The quantitative estimate of drug-likeness (QED) is 0.206. The topological polar surface area (TPSA) is 119 Å². The largest absolute Gasteiger partial charge is 0.399 e. The molecule has 0 radical (unpaired) electrons. The highest BCUT2D eigenvalue weighted by Gasteiger charge is 2.16. The molecule has 1 fully saturated rings. The number of carbonyl (C=O) groups excluding carboxylic acids is 2. The first-order chi connectivity index (χ1) is 17.0. The lowest BCUT2D eigenvalue weighted by Gasteiger charge is -2.09. The van der Waals surface area contributed by atoms with Crippen molar-refractivity contribution in [1.29, 1.82) is 0 Å². The van der Waals surface area contributed by atoms with Crippen LogP contribution in [0.3, 0.4) is 0 Å². The van der Waals surface area contributed by atoms with E-state index in [0.29, 0.717) is 18.0 Å². The van der Waals surface area contributed by atoms with Gasteiger partial charge in [0.05, 0.1) is 38.0 Å². The summed E-state index contributed by atoms with van der Waals surface area (Å²) in [5.74, 6) is 0.450. The predicted molar refractivity (Wildman–Crippen MR) is 146 cm³/mol. The summed E-state index contributed by atoms with van der Waals surface area (Å²) >= 11 is 5.86. The summed E-state index contributed by atoms with van der Waals surface area (Å²) < 4.78 is 9.16. The maximum absolute atomic E-state index is 12.5. The molecule has 1 aliphatic rings. The third-order valence-electron chi connectivity index (χ3n) is 5.25. The van der Waals surface area contributed by atoms with Gasteiger partial charge < -0.3 is 21.1 Å². The fourth-order valence-corrected chi connectivity index (χ4v) is 7.41. The minimum atomic E-state index is -0.102. The molecular weight excluding hydrogens is 523 g/mol. The molecule has 0 unspecified atom stereocenters. The molecule has 2 aromatic carbocycles. The van der Waals surface area contributed by atoms with Crippen LogP contribution in [0.2, 0.25) is 0 Å². The molecule has 0 bridgehead atoms. The Morgan fingerprint density at radius 1 is 1.00 bits per heavy atom. The van der Waals surface area contributed by atoms with E-state index in [2.05, 4.69) is 20.6 Å². The Morgan fingerprint density at radius 2 is 1.69 bits per heavy atom. The van der Waals surface area contributed by atoms with Gasteiger partial charge in [-0.05, 0) is 49.2 Å². The van der Waals surface area contributed by atoms with Gasteiger partial charge in [0.15, 0.2) is 8.68 Å². The third-order valence-corrected chi connectivity index (χ3v) is 9.57. The summed E-state index contributed by atoms with van der Waals surface area (Å²) in [7, 11) is 0. The Balaban J connectivity index is 1.12. The summed E-state index contributed by atoms with van der Waals surface area (Å²) in [6.07, 6.45) is 2.20. The predicted octanol–water partition coefficient (Wildman–Crippen LogP) is 4.61. The standard InChI is InChI=1S/C23H23N5O3S4/c24-13-3-5-16-18(8-13)34-23(27-16)33-12-21(30)26-14-4-6-17-19(9-14)35-22(28-17)32-11-20(29)25-10-15-2-1-7-31-15/h3-6,8-9,15H,1-2,7,10-12,24H2,(H,25,29)(H,26,30)/t15-/m1/s1. The number of nitrogens with one attached hydrogen (secondary N) is 2. The van der Waals surface area contributed by atoms with E-state index in [9.17, 15) is 9.59 Å². The van der Waals surface area contributed by atoms with Gasteiger partial charge in [0.1, 0.15) is 0 Å². The highest BCUT2D eigenvalue weighted by molar-refractivity contribution is 8.02. The van der Waals surface area contributed by atoms with Crippen LogP contribution in [-0.4, -0.2) is 52.5 Å². The van der Waals surface area contributed by atoms with Crippen LogP contribution in [0.15, 0.2) is 45.1 Å². The van der Waals surface area contributed by atoms with E-state index in [1.807, 2.05) is 36.4 Å². The van der Waals surface area contributed by atoms with Crippen molar-refractivity contribution in [3.63, 3.8) is 0 Å². The van der Waals surface area contributed by atoms with E-state index in [4.69, 9.17) is 10.5 Å². The van der Waals surface area contributed by atoms with Gasteiger partial charge in [0.25, 0.3) is 0 Å². The van der Waals surface area contributed by atoms with E-state index in [-0.39, 0.29) is 23.7 Å². The molecule has 8 nitrogen and oxygen atoms in total. The van der Waals surface area contributed by atoms with Crippen LogP contribution in [0.5, 0.6) is 0 Å². The first-order valence-electron chi connectivity index (χ1n) is 11.0. The van der Waals surface area contributed by atoms with Crippen LogP contribution in [-0.2, 0) is 14.3 Å². The monoisotopic (exact) mass is 545 g/mol. The Labute approximate surface area is 218 Å². The van der Waals surface area contributed by atoms with Crippen molar-refractivity contribution in [3.8, 4) is 0 Å². The zero-order valence-electron chi connectivity index (χ0n) is 18.6. The number of nitrogens with zero attached hydrogens (tertiary/aromatic N) is 2. The molecule has 35 heavy (non-hydrogen) atoms. The van der Waals surface area contributed by atoms with Crippen LogP contribution < -0.4 is 16.4 Å². The number of thioether (sulfide) groups is 2. The van der Waals surface area contributed by atoms with Crippen molar-refractivity contribution < 1.29 is 14.3 Å². The summed E-state index contributed by atoms with van der Waals surface area (Å²) in [6.45, 7) is 1.34. The Hall–Kier alpha value is -2.38. The lowest BCUT2D eigenvalue weighted by molar-refractivity contribution is -0.119. The second kappa shape index (κ2) is 11.1. The fraction of sp³-hybridized carbons (Fsp3) is 0.304. The normalized spacial score (nSPS) is 15.6. The van der Waals surface area contributed by atoms with Crippen molar-refractivity contribution in [2.75, 3.05) is 35.7 Å². The molecule has 2 aromatic heterocycles. The first kappa shape index (κ1) is 24.3. The molecule has 1 atom stereocenters.